The van der Waals surface area contributed by atoms with Crippen LogP contribution in [0.25, 0.3) is 10.6 Å². The van der Waals surface area contributed by atoms with Crippen LogP contribution >= 0.6 is 11.3 Å². The lowest BCUT2D eigenvalue weighted by Gasteiger charge is -2.37. The van der Waals surface area contributed by atoms with Gasteiger partial charge in [-0.05, 0) is 62.9 Å². The largest absolute Gasteiger partial charge is 0.462 e. The number of aryl methyl sites for hydroxylation is 1. The van der Waals surface area contributed by atoms with E-state index >= 15 is 0 Å². The summed E-state index contributed by atoms with van der Waals surface area (Å²) >= 11 is 1.80. The van der Waals surface area contributed by atoms with Crippen molar-refractivity contribution in [3.8, 4) is 10.6 Å². The highest BCUT2D eigenvalue weighted by Gasteiger charge is 2.53. The molecule has 2 heterocycles. The van der Waals surface area contributed by atoms with Crippen molar-refractivity contribution in [1.82, 2.24) is 4.98 Å². The zero-order valence-corrected chi connectivity index (χ0v) is 23.2. The van der Waals surface area contributed by atoms with E-state index in [1.807, 2.05) is 0 Å². The molecule has 6 rings (SSSR count). The number of carbonyl (C=O) groups excluding carboxylic acids is 2. The van der Waals surface area contributed by atoms with Gasteiger partial charge in [-0.1, -0.05) is 62.6 Å². The summed E-state index contributed by atoms with van der Waals surface area (Å²) in [5.74, 6) is 1.50. The van der Waals surface area contributed by atoms with Crippen molar-refractivity contribution in [3.63, 3.8) is 0 Å². The van der Waals surface area contributed by atoms with Crippen LogP contribution in [0.3, 0.4) is 0 Å². The number of cyclic esters (lactones) is 1. The molecule has 1 aromatic carbocycles. The molecule has 1 aliphatic heterocycles. The van der Waals surface area contributed by atoms with E-state index in [0.717, 1.165) is 48.2 Å². The second kappa shape index (κ2) is 10.1. The van der Waals surface area contributed by atoms with E-state index in [0.29, 0.717) is 24.2 Å². The van der Waals surface area contributed by atoms with Crippen LogP contribution in [0.1, 0.15) is 99.6 Å². The third-order valence-electron chi connectivity index (χ3n) is 9.60. The van der Waals surface area contributed by atoms with Crippen LogP contribution in [-0.2, 0) is 14.3 Å². The molecular weight excluding hydrogens is 478 g/mol. The topological polar surface area (TPSA) is 56.3 Å². The molecule has 1 saturated heterocycles. The van der Waals surface area contributed by atoms with Crippen molar-refractivity contribution in [2.24, 2.45) is 23.7 Å². The van der Waals surface area contributed by atoms with Gasteiger partial charge in [0, 0.05) is 34.1 Å². The number of fused-ring (bicyclic) bond motifs is 8. The molecule has 4 aliphatic rings. The molecule has 37 heavy (non-hydrogen) atoms. The van der Waals surface area contributed by atoms with Gasteiger partial charge in [0.05, 0.1) is 12.1 Å². The fourth-order valence-electron chi connectivity index (χ4n) is 7.60. The number of ketones is 1. The van der Waals surface area contributed by atoms with Crippen molar-refractivity contribution in [2.45, 2.75) is 96.5 Å². The van der Waals surface area contributed by atoms with Crippen molar-refractivity contribution < 1.29 is 14.3 Å². The number of nitrogens with zero attached hydrogens (tertiary/aromatic N) is 1. The first-order chi connectivity index (χ1) is 17.9. The maximum Gasteiger partial charge on any atom is 0.306 e. The monoisotopic (exact) mass is 517 g/mol. The highest BCUT2D eigenvalue weighted by Crippen LogP contribution is 2.62. The fourth-order valence-corrected chi connectivity index (χ4v) is 8.97. The highest BCUT2D eigenvalue weighted by atomic mass is 32.1. The van der Waals surface area contributed by atoms with E-state index in [1.54, 1.807) is 11.3 Å². The molecule has 0 amide bonds. The lowest BCUT2D eigenvalue weighted by molar-refractivity contribution is -0.150. The number of esters is 1. The molecule has 0 radical (unpaired) electrons. The number of carbonyl (C=O) groups is 2. The van der Waals surface area contributed by atoms with E-state index < -0.39 is 0 Å². The van der Waals surface area contributed by atoms with Crippen molar-refractivity contribution in [1.29, 1.82) is 0 Å². The number of aromatic nitrogens is 1. The van der Waals surface area contributed by atoms with Crippen LogP contribution in [0, 0.1) is 30.6 Å². The average molecular weight is 518 g/mol. The van der Waals surface area contributed by atoms with Gasteiger partial charge in [0.25, 0.3) is 0 Å². The SMILES string of the molecule is CC[C@H]1CCCC[C@@H](C)C(=O)C2=CC3C(c4sc(-c5ccc(C)cc5)nc4C4CCC[C@H]43)[C@@H]2CC(=O)O1. The highest BCUT2D eigenvalue weighted by molar-refractivity contribution is 7.15. The third-order valence-corrected chi connectivity index (χ3v) is 10.8. The number of allylic oxidation sites excluding steroid dienone is 2. The Bertz CT molecular complexity index is 1210. The molecule has 4 nitrogen and oxygen atoms in total. The average Bonchev–Trinajstić information content (AvgIpc) is 3.62. The van der Waals surface area contributed by atoms with Crippen LogP contribution in [0.5, 0.6) is 0 Å². The second-order valence-electron chi connectivity index (χ2n) is 11.9. The van der Waals surface area contributed by atoms with Gasteiger partial charge in [-0.25, -0.2) is 4.98 Å². The zero-order chi connectivity index (χ0) is 25.7. The van der Waals surface area contributed by atoms with Crippen molar-refractivity contribution in [2.75, 3.05) is 0 Å². The van der Waals surface area contributed by atoms with E-state index in [9.17, 15) is 9.59 Å². The minimum atomic E-state index is -0.136. The van der Waals surface area contributed by atoms with E-state index in [1.165, 1.54) is 35.4 Å². The van der Waals surface area contributed by atoms with Gasteiger partial charge in [0.2, 0.25) is 0 Å². The maximum atomic E-state index is 13.8. The summed E-state index contributed by atoms with van der Waals surface area (Å²) in [5.41, 5.74) is 4.58. The standard InChI is InChI=1S/C32H39NO3S/c1-4-21-9-6-5-8-19(3)30(35)26-16-24-22-10-7-11-23(22)29-31(28(24)25(26)17-27(34)36-21)37-32(33-29)20-14-12-18(2)13-15-20/h12-16,19,21-25,28H,4-11,17H2,1-3H3/t19-,21+,22-,23?,24?,25-,28?/m1/s1. The summed E-state index contributed by atoms with van der Waals surface area (Å²) in [7, 11) is 0. The Balaban J connectivity index is 1.42. The Labute approximate surface area is 224 Å². The minimum Gasteiger partial charge on any atom is -0.462 e. The van der Waals surface area contributed by atoms with E-state index in [-0.39, 0.29) is 35.6 Å². The smallest absolute Gasteiger partial charge is 0.306 e. The number of hydrogen-bond acceptors (Lipinski definition) is 5. The second-order valence-corrected chi connectivity index (χ2v) is 13.0. The Hall–Kier alpha value is -2.27. The summed E-state index contributed by atoms with van der Waals surface area (Å²) in [5, 5.41) is 1.08. The molecular formula is C32H39NO3S. The van der Waals surface area contributed by atoms with Gasteiger partial charge in [-0.2, -0.15) is 0 Å². The number of ether oxygens (including phenoxy) is 1. The first kappa shape index (κ1) is 25.0. The molecule has 3 aliphatic carbocycles. The zero-order valence-electron chi connectivity index (χ0n) is 22.4. The van der Waals surface area contributed by atoms with Gasteiger partial charge in [0.15, 0.2) is 5.78 Å². The normalized spacial score (nSPS) is 33.8. The van der Waals surface area contributed by atoms with E-state index in [4.69, 9.17) is 9.72 Å². The predicted molar refractivity (Wildman–Crippen MR) is 148 cm³/mol. The summed E-state index contributed by atoms with van der Waals surface area (Å²) in [4.78, 5) is 33.7. The Morgan fingerprint density at radius 3 is 2.57 bits per heavy atom. The van der Waals surface area contributed by atoms with Crippen LogP contribution < -0.4 is 0 Å². The molecule has 5 heteroatoms. The third kappa shape index (κ3) is 4.51. The lowest BCUT2D eigenvalue weighted by atomic mass is 9.68. The first-order valence-electron chi connectivity index (χ1n) is 14.5. The number of thiazole rings is 1. The molecule has 0 spiro atoms. The van der Waals surface area contributed by atoms with Crippen LogP contribution in [-0.4, -0.2) is 22.8 Å². The van der Waals surface area contributed by atoms with Crippen molar-refractivity contribution >= 4 is 23.1 Å². The van der Waals surface area contributed by atoms with E-state index in [2.05, 4.69) is 51.1 Å². The molecule has 1 saturated carbocycles. The molecule has 3 unspecified atom stereocenters. The Morgan fingerprint density at radius 2 is 1.78 bits per heavy atom. The van der Waals surface area contributed by atoms with Crippen LogP contribution in [0.4, 0.5) is 0 Å². The maximum absolute atomic E-state index is 13.8. The molecule has 0 N–H and O–H groups in total. The molecule has 1 aromatic heterocycles. The minimum absolute atomic E-state index is 0.00727. The first-order valence-corrected chi connectivity index (χ1v) is 15.3. The molecule has 2 aromatic rings. The van der Waals surface area contributed by atoms with Crippen molar-refractivity contribution in [3.05, 3.63) is 52.0 Å². The lowest BCUT2D eigenvalue weighted by Crippen LogP contribution is -2.32. The number of benzene rings is 1. The van der Waals surface area contributed by atoms with Gasteiger partial charge < -0.3 is 4.74 Å². The Morgan fingerprint density at radius 1 is 1.00 bits per heavy atom. The Kier molecular flexibility index (Phi) is 6.85. The predicted octanol–water partition coefficient (Wildman–Crippen LogP) is 7.76. The number of hydrogen-bond donors (Lipinski definition) is 0. The van der Waals surface area contributed by atoms with Gasteiger partial charge in [-0.15, -0.1) is 11.3 Å². The van der Waals surface area contributed by atoms with Crippen LogP contribution in [0.15, 0.2) is 35.9 Å². The number of Topliss-reactive ketones (excluding diaryl/α,β-unsaturated/α-hetero) is 1. The van der Waals surface area contributed by atoms with Gasteiger partial charge in [-0.3, -0.25) is 9.59 Å². The summed E-state index contributed by atoms with van der Waals surface area (Å²) in [6, 6.07) is 8.65. The fraction of sp³-hybridized carbons (Fsp3) is 0.594. The van der Waals surface area contributed by atoms with Gasteiger partial charge in [0.1, 0.15) is 11.1 Å². The van der Waals surface area contributed by atoms with Gasteiger partial charge >= 0.3 is 5.97 Å². The summed E-state index contributed by atoms with van der Waals surface area (Å²) in [6.07, 6.45) is 10.9. The van der Waals surface area contributed by atoms with Crippen LogP contribution in [0.2, 0.25) is 0 Å². The molecule has 196 valence electrons. The molecule has 7 atom stereocenters. The summed E-state index contributed by atoms with van der Waals surface area (Å²) < 4.78 is 5.99. The molecule has 0 bridgehead atoms. The quantitative estimate of drug-likeness (QED) is 0.382. The molecule has 2 fully saturated rings. The summed E-state index contributed by atoms with van der Waals surface area (Å²) in [6.45, 7) is 6.31. The number of rotatable bonds is 2.